The van der Waals surface area contributed by atoms with Crippen LogP contribution in [0.4, 0.5) is 0 Å². The summed E-state index contributed by atoms with van der Waals surface area (Å²) in [5.74, 6) is 0.239. The third-order valence-corrected chi connectivity index (χ3v) is 3.60. The maximum atomic E-state index is 12.0. The molecule has 1 rings (SSSR count). The number of ketones is 1. The van der Waals surface area contributed by atoms with E-state index in [1.807, 2.05) is 7.05 Å². The van der Waals surface area contributed by atoms with Gasteiger partial charge in [-0.25, -0.2) is 0 Å². The van der Waals surface area contributed by atoms with E-state index in [1.54, 1.807) is 11.8 Å². The first-order valence-electron chi connectivity index (χ1n) is 6.43. The summed E-state index contributed by atoms with van der Waals surface area (Å²) in [4.78, 5) is 27.3. The molecule has 0 unspecified atom stereocenters. The molecule has 0 aliphatic carbocycles. The van der Waals surface area contributed by atoms with Crippen LogP contribution in [0.15, 0.2) is 0 Å². The van der Waals surface area contributed by atoms with Gasteiger partial charge in [-0.15, -0.1) is 0 Å². The highest BCUT2D eigenvalue weighted by Gasteiger charge is 2.31. The van der Waals surface area contributed by atoms with Gasteiger partial charge in [0.05, 0.1) is 6.04 Å². The molecule has 0 saturated carbocycles. The molecular formula is C13H24N2O2. The number of hydrogen-bond acceptors (Lipinski definition) is 3. The first-order valence-corrected chi connectivity index (χ1v) is 6.43. The van der Waals surface area contributed by atoms with Gasteiger partial charge in [0.25, 0.3) is 0 Å². The lowest BCUT2D eigenvalue weighted by Crippen LogP contribution is -2.41. The first-order chi connectivity index (χ1) is 7.93. The second-order valence-corrected chi connectivity index (χ2v) is 5.18. The van der Waals surface area contributed by atoms with Gasteiger partial charge in [0.15, 0.2) is 5.78 Å². The Morgan fingerprint density at radius 2 is 2.06 bits per heavy atom. The van der Waals surface area contributed by atoms with Crippen molar-refractivity contribution in [3.05, 3.63) is 0 Å². The summed E-state index contributed by atoms with van der Waals surface area (Å²) < 4.78 is 0. The van der Waals surface area contributed by atoms with E-state index in [0.29, 0.717) is 12.5 Å². The van der Waals surface area contributed by atoms with E-state index in [1.165, 1.54) is 0 Å². The van der Waals surface area contributed by atoms with Crippen molar-refractivity contribution in [3.8, 4) is 0 Å². The van der Waals surface area contributed by atoms with Crippen LogP contribution in [-0.4, -0.2) is 53.7 Å². The number of likely N-dealkylation sites (tertiary alicyclic amines) is 1. The Hall–Kier alpha value is -0.900. The lowest BCUT2D eigenvalue weighted by molar-refractivity contribution is -0.137. The lowest BCUT2D eigenvalue weighted by atomic mass is 10.1. The molecule has 0 aromatic carbocycles. The standard InChI is InChI=1S/C13H24N2O2/c1-10(2)14(4)9-7-13(17)15-8-5-6-12(15)11(3)16/h10,12H,5-9H2,1-4H3/t12-/m0/s1. The fourth-order valence-electron chi connectivity index (χ4n) is 2.16. The highest BCUT2D eigenvalue weighted by atomic mass is 16.2. The van der Waals surface area contributed by atoms with Crippen molar-refractivity contribution >= 4 is 11.7 Å². The van der Waals surface area contributed by atoms with Gasteiger partial charge < -0.3 is 9.80 Å². The zero-order chi connectivity index (χ0) is 13.0. The molecule has 1 aliphatic rings. The molecule has 0 spiro atoms. The number of rotatable bonds is 5. The van der Waals surface area contributed by atoms with E-state index in [-0.39, 0.29) is 17.7 Å². The van der Waals surface area contributed by atoms with Crippen molar-refractivity contribution in [1.29, 1.82) is 0 Å². The lowest BCUT2D eigenvalue weighted by Gasteiger charge is -2.25. The largest absolute Gasteiger partial charge is 0.333 e. The predicted octanol–water partition coefficient (Wildman–Crippen LogP) is 1.30. The number of amides is 1. The van der Waals surface area contributed by atoms with Crippen molar-refractivity contribution in [1.82, 2.24) is 9.80 Å². The van der Waals surface area contributed by atoms with Gasteiger partial charge in [-0.2, -0.15) is 0 Å². The van der Waals surface area contributed by atoms with E-state index in [0.717, 1.165) is 25.9 Å². The zero-order valence-electron chi connectivity index (χ0n) is 11.4. The molecule has 0 aromatic rings. The molecule has 0 radical (unpaired) electrons. The van der Waals surface area contributed by atoms with E-state index >= 15 is 0 Å². The van der Waals surface area contributed by atoms with Crippen LogP contribution in [0.3, 0.4) is 0 Å². The minimum absolute atomic E-state index is 0.119. The predicted molar refractivity (Wildman–Crippen MR) is 67.8 cm³/mol. The summed E-state index contributed by atoms with van der Waals surface area (Å²) in [5.41, 5.74) is 0. The van der Waals surface area contributed by atoms with Gasteiger partial charge >= 0.3 is 0 Å². The molecule has 0 N–H and O–H groups in total. The van der Waals surface area contributed by atoms with Crippen molar-refractivity contribution < 1.29 is 9.59 Å². The fraction of sp³-hybridized carbons (Fsp3) is 0.846. The van der Waals surface area contributed by atoms with Crippen molar-refractivity contribution in [3.63, 3.8) is 0 Å². The Morgan fingerprint density at radius 1 is 1.41 bits per heavy atom. The Kier molecular flexibility index (Phi) is 5.12. The van der Waals surface area contributed by atoms with Crippen LogP contribution in [0.25, 0.3) is 0 Å². The van der Waals surface area contributed by atoms with E-state index < -0.39 is 0 Å². The third-order valence-electron chi connectivity index (χ3n) is 3.60. The Labute approximate surface area is 104 Å². The third kappa shape index (κ3) is 3.80. The monoisotopic (exact) mass is 240 g/mol. The van der Waals surface area contributed by atoms with Crippen LogP contribution >= 0.6 is 0 Å². The number of hydrogen-bond donors (Lipinski definition) is 0. The molecule has 1 aliphatic heterocycles. The van der Waals surface area contributed by atoms with Crippen LogP contribution in [0.5, 0.6) is 0 Å². The minimum Gasteiger partial charge on any atom is -0.333 e. The van der Waals surface area contributed by atoms with Gasteiger partial charge in [-0.1, -0.05) is 0 Å². The number of nitrogens with zero attached hydrogens (tertiary/aromatic N) is 2. The fourth-order valence-corrected chi connectivity index (χ4v) is 2.16. The molecule has 0 bridgehead atoms. The SMILES string of the molecule is CC(=O)[C@@H]1CCCN1C(=O)CCN(C)C(C)C. The van der Waals surface area contributed by atoms with E-state index in [2.05, 4.69) is 18.7 Å². The zero-order valence-corrected chi connectivity index (χ0v) is 11.4. The Morgan fingerprint density at radius 3 is 2.59 bits per heavy atom. The van der Waals surface area contributed by atoms with Gasteiger partial charge in [0, 0.05) is 25.6 Å². The van der Waals surface area contributed by atoms with Gasteiger partial charge in [0.2, 0.25) is 5.91 Å². The van der Waals surface area contributed by atoms with Crippen molar-refractivity contribution in [2.45, 2.75) is 52.1 Å². The smallest absolute Gasteiger partial charge is 0.224 e. The number of carbonyl (C=O) groups excluding carboxylic acids is 2. The van der Waals surface area contributed by atoms with Crippen LogP contribution < -0.4 is 0 Å². The molecule has 98 valence electrons. The maximum Gasteiger partial charge on any atom is 0.224 e. The van der Waals surface area contributed by atoms with Gasteiger partial charge in [-0.05, 0) is 40.7 Å². The summed E-state index contributed by atoms with van der Waals surface area (Å²) >= 11 is 0. The average Bonchev–Trinajstić information content (AvgIpc) is 2.73. The molecule has 1 atom stereocenters. The Bertz CT molecular complexity index is 289. The number of carbonyl (C=O) groups is 2. The average molecular weight is 240 g/mol. The Balaban J connectivity index is 2.44. The summed E-state index contributed by atoms with van der Waals surface area (Å²) in [6.07, 6.45) is 2.30. The van der Waals surface area contributed by atoms with Crippen LogP contribution in [-0.2, 0) is 9.59 Å². The molecule has 0 aromatic heterocycles. The van der Waals surface area contributed by atoms with Crippen molar-refractivity contribution in [2.24, 2.45) is 0 Å². The molecule has 4 heteroatoms. The second-order valence-electron chi connectivity index (χ2n) is 5.18. The molecule has 1 heterocycles. The van der Waals surface area contributed by atoms with E-state index in [4.69, 9.17) is 0 Å². The quantitative estimate of drug-likeness (QED) is 0.727. The molecule has 4 nitrogen and oxygen atoms in total. The van der Waals surface area contributed by atoms with Gasteiger partial charge in [-0.3, -0.25) is 9.59 Å². The summed E-state index contributed by atoms with van der Waals surface area (Å²) in [6, 6.07) is 0.289. The normalized spacial score (nSPS) is 20.4. The number of Topliss-reactive ketones (excluding diaryl/α,β-unsaturated/α-hetero) is 1. The summed E-state index contributed by atoms with van der Waals surface area (Å²) in [5, 5.41) is 0. The molecular weight excluding hydrogens is 216 g/mol. The summed E-state index contributed by atoms with van der Waals surface area (Å²) in [6.45, 7) is 7.31. The molecule has 1 saturated heterocycles. The highest BCUT2D eigenvalue weighted by Crippen LogP contribution is 2.19. The maximum absolute atomic E-state index is 12.0. The molecule has 17 heavy (non-hydrogen) atoms. The van der Waals surface area contributed by atoms with E-state index in [9.17, 15) is 9.59 Å². The molecule has 1 fully saturated rings. The van der Waals surface area contributed by atoms with Crippen LogP contribution in [0.1, 0.15) is 40.0 Å². The van der Waals surface area contributed by atoms with Gasteiger partial charge in [0.1, 0.15) is 0 Å². The molecule has 1 amide bonds. The van der Waals surface area contributed by atoms with Crippen LogP contribution in [0, 0.1) is 0 Å². The minimum atomic E-state index is -0.160. The van der Waals surface area contributed by atoms with Crippen LogP contribution in [0.2, 0.25) is 0 Å². The highest BCUT2D eigenvalue weighted by molar-refractivity contribution is 5.88. The van der Waals surface area contributed by atoms with Crippen molar-refractivity contribution in [2.75, 3.05) is 20.1 Å². The topological polar surface area (TPSA) is 40.6 Å². The summed E-state index contributed by atoms with van der Waals surface area (Å²) in [7, 11) is 2.02. The first kappa shape index (κ1) is 14.2. The second kappa shape index (κ2) is 6.15.